The number of piperidine rings is 1. The van der Waals surface area contributed by atoms with E-state index in [1.807, 2.05) is 29.2 Å². The molecule has 0 unspecified atom stereocenters. The zero-order valence-electron chi connectivity index (χ0n) is 15.1. The number of carbonyl (C=O) groups is 1. The lowest BCUT2D eigenvalue weighted by molar-refractivity contribution is 0.0583. The van der Waals surface area contributed by atoms with E-state index in [-0.39, 0.29) is 23.9 Å². The Hall–Kier alpha value is -2.69. The van der Waals surface area contributed by atoms with Gasteiger partial charge in [0.25, 0.3) is 5.91 Å². The van der Waals surface area contributed by atoms with Crippen LogP contribution in [0.2, 0.25) is 0 Å². The third-order valence-corrected chi connectivity index (χ3v) is 5.06. The highest BCUT2D eigenvalue weighted by Gasteiger charge is 2.30. The molecule has 26 heavy (non-hydrogen) atoms. The van der Waals surface area contributed by atoms with Crippen molar-refractivity contribution in [3.8, 4) is 28.4 Å². The van der Waals surface area contributed by atoms with E-state index in [1.54, 1.807) is 12.1 Å². The molecule has 5 heteroatoms. The summed E-state index contributed by atoms with van der Waals surface area (Å²) < 4.78 is 10.8. The number of likely N-dealkylation sites (tertiary alicyclic amines) is 1. The van der Waals surface area contributed by atoms with E-state index in [4.69, 9.17) is 9.47 Å². The first-order chi connectivity index (χ1) is 12.4. The van der Waals surface area contributed by atoms with Gasteiger partial charge in [0.05, 0.1) is 0 Å². The Balaban J connectivity index is 1.65. The monoisotopic (exact) mass is 353 g/mol. The number of phenols is 1. The number of amides is 1. The Bertz CT molecular complexity index is 859. The van der Waals surface area contributed by atoms with Crippen molar-refractivity contribution < 1.29 is 19.4 Å². The molecule has 0 bridgehead atoms. The van der Waals surface area contributed by atoms with Crippen molar-refractivity contribution >= 4 is 5.91 Å². The Labute approximate surface area is 153 Å². The van der Waals surface area contributed by atoms with Gasteiger partial charge in [-0.1, -0.05) is 19.9 Å². The molecule has 0 saturated carbocycles. The van der Waals surface area contributed by atoms with Crippen molar-refractivity contribution in [2.24, 2.45) is 5.41 Å². The standard InChI is InChI=1S/C21H23NO4/c1-21(2)6-3-7-22(12-21)20(24)16-8-15(9-17(23)10-16)14-4-5-18-19(11-14)26-13-25-18/h4-5,8-11,23H,3,6-7,12-13H2,1-2H3. The highest BCUT2D eigenvalue weighted by Crippen LogP contribution is 2.37. The summed E-state index contributed by atoms with van der Waals surface area (Å²) in [6.07, 6.45) is 2.13. The summed E-state index contributed by atoms with van der Waals surface area (Å²) >= 11 is 0. The van der Waals surface area contributed by atoms with Crippen molar-refractivity contribution in [2.75, 3.05) is 19.9 Å². The summed E-state index contributed by atoms with van der Waals surface area (Å²) in [6, 6.07) is 10.7. The summed E-state index contributed by atoms with van der Waals surface area (Å²) in [7, 11) is 0. The predicted octanol–water partition coefficient (Wildman–Crippen LogP) is 4.05. The van der Waals surface area contributed by atoms with Crippen LogP contribution >= 0.6 is 0 Å². The average Bonchev–Trinajstić information content (AvgIpc) is 3.07. The minimum Gasteiger partial charge on any atom is -0.508 e. The fraction of sp³-hybridized carbons (Fsp3) is 0.381. The first-order valence-corrected chi connectivity index (χ1v) is 8.95. The molecule has 1 fully saturated rings. The quantitative estimate of drug-likeness (QED) is 0.885. The van der Waals surface area contributed by atoms with E-state index in [2.05, 4.69) is 13.8 Å². The molecule has 2 aliphatic heterocycles. The maximum atomic E-state index is 13.0. The van der Waals surface area contributed by atoms with Gasteiger partial charge in [-0.05, 0) is 59.7 Å². The lowest BCUT2D eigenvalue weighted by Gasteiger charge is -2.38. The van der Waals surface area contributed by atoms with E-state index in [9.17, 15) is 9.90 Å². The van der Waals surface area contributed by atoms with Crippen LogP contribution in [0.5, 0.6) is 17.2 Å². The van der Waals surface area contributed by atoms with Crippen LogP contribution in [0.15, 0.2) is 36.4 Å². The minimum absolute atomic E-state index is 0.0318. The van der Waals surface area contributed by atoms with E-state index >= 15 is 0 Å². The first-order valence-electron chi connectivity index (χ1n) is 8.95. The van der Waals surface area contributed by atoms with Crippen molar-refractivity contribution in [3.63, 3.8) is 0 Å². The molecule has 0 radical (unpaired) electrons. The maximum Gasteiger partial charge on any atom is 0.254 e. The smallest absolute Gasteiger partial charge is 0.254 e. The van der Waals surface area contributed by atoms with E-state index in [0.29, 0.717) is 17.1 Å². The van der Waals surface area contributed by atoms with Crippen molar-refractivity contribution in [1.29, 1.82) is 0 Å². The molecule has 1 saturated heterocycles. The molecule has 2 aliphatic rings. The highest BCUT2D eigenvalue weighted by atomic mass is 16.7. The largest absolute Gasteiger partial charge is 0.508 e. The predicted molar refractivity (Wildman–Crippen MR) is 98.6 cm³/mol. The highest BCUT2D eigenvalue weighted by molar-refractivity contribution is 5.96. The molecule has 1 amide bonds. The van der Waals surface area contributed by atoms with Crippen LogP contribution in [-0.2, 0) is 0 Å². The van der Waals surface area contributed by atoms with Crippen LogP contribution in [0.25, 0.3) is 11.1 Å². The number of ether oxygens (including phenoxy) is 2. The van der Waals surface area contributed by atoms with Gasteiger partial charge in [-0.3, -0.25) is 4.79 Å². The van der Waals surface area contributed by atoms with Crippen LogP contribution < -0.4 is 9.47 Å². The van der Waals surface area contributed by atoms with Gasteiger partial charge in [0, 0.05) is 18.7 Å². The molecule has 0 atom stereocenters. The number of aromatic hydroxyl groups is 1. The summed E-state index contributed by atoms with van der Waals surface area (Å²) in [4.78, 5) is 14.9. The molecule has 2 heterocycles. The van der Waals surface area contributed by atoms with Crippen molar-refractivity contribution in [2.45, 2.75) is 26.7 Å². The SMILES string of the molecule is CC1(C)CCCN(C(=O)c2cc(O)cc(-c3ccc4c(c3)OCO4)c2)C1. The van der Waals surface area contributed by atoms with Gasteiger partial charge in [0.1, 0.15) is 5.75 Å². The molecular formula is C21H23NO4. The minimum atomic E-state index is -0.0318. The molecule has 0 aromatic heterocycles. The number of phenolic OH excluding ortho intramolecular Hbond substituents is 1. The van der Waals surface area contributed by atoms with Gasteiger partial charge in [-0.25, -0.2) is 0 Å². The second kappa shape index (κ2) is 6.24. The molecule has 4 rings (SSSR count). The molecule has 2 aromatic carbocycles. The number of hydrogen-bond acceptors (Lipinski definition) is 4. The first kappa shape index (κ1) is 16.8. The number of nitrogens with zero attached hydrogens (tertiary/aromatic N) is 1. The Morgan fingerprint density at radius 1 is 1.08 bits per heavy atom. The van der Waals surface area contributed by atoms with Crippen LogP contribution in [0.4, 0.5) is 0 Å². The zero-order chi connectivity index (χ0) is 18.3. The van der Waals surface area contributed by atoms with Crippen LogP contribution in [0, 0.1) is 5.41 Å². The van der Waals surface area contributed by atoms with Crippen LogP contribution in [-0.4, -0.2) is 35.8 Å². The molecular weight excluding hydrogens is 330 g/mol. The normalized spacial score (nSPS) is 18.0. The molecule has 5 nitrogen and oxygen atoms in total. The Kier molecular flexibility index (Phi) is 4.02. The molecule has 0 spiro atoms. The second-order valence-corrected chi connectivity index (χ2v) is 7.83. The van der Waals surface area contributed by atoms with Gasteiger partial charge >= 0.3 is 0 Å². The summed E-state index contributed by atoms with van der Waals surface area (Å²) in [5, 5.41) is 10.2. The topological polar surface area (TPSA) is 59.0 Å². The fourth-order valence-electron chi connectivity index (χ4n) is 3.76. The van der Waals surface area contributed by atoms with Gasteiger partial charge in [0.15, 0.2) is 11.5 Å². The van der Waals surface area contributed by atoms with E-state index in [1.165, 1.54) is 0 Å². The molecule has 136 valence electrons. The van der Waals surface area contributed by atoms with Crippen LogP contribution in [0.3, 0.4) is 0 Å². The van der Waals surface area contributed by atoms with Gasteiger partial charge < -0.3 is 19.5 Å². The Morgan fingerprint density at radius 2 is 1.88 bits per heavy atom. The van der Waals surface area contributed by atoms with Gasteiger partial charge in [-0.15, -0.1) is 0 Å². The average molecular weight is 353 g/mol. The third-order valence-electron chi connectivity index (χ3n) is 5.06. The van der Waals surface area contributed by atoms with Gasteiger partial charge in [-0.2, -0.15) is 0 Å². The van der Waals surface area contributed by atoms with Crippen LogP contribution in [0.1, 0.15) is 37.0 Å². The lowest BCUT2D eigenvalue weighted by atomic mass is 9.84. The number of rotatable bonds is 2. The summed E-state index contributed by atoms with van der Waals surface area (Å²) in [5.74, 6) is 1.44. The Morgan fingerprint density at radius 3 is 2.69 bits per heavy atom. The third kappa shape index (κ3) is 3.21. The van der Waals surface area contributed by atoms with E-state index in [0.717, 1.165) is 37.1 Å². The van der Waals surface area contributed by atoms with Crippen molar-refractivity contribution in [1.82, 2.24) is 4.90 Å². The fourth-order valence-corrected chi connectivity index (χ4v) is 3.76. The van der Waals surface area contributed by atoms with E-state index < -0.39 is 0 Å². The number of carbonyl (C=O) groups excluding carboxylic acids is 1. The molecule has 0 aliphatic carbocycles. The number of fused-ring (bicyclic) bond motifs is 1. The summed E-state index contributed by atoms with van der Waals surface area (Å²) in [6.45, 7) is 6.09. The van der Waals surface area contributed by atoms with Crippen molar-refractivity contribution in [3.05, 3.63) is 42.0 Å². The van der Waals surface area contributed by atoms with Gasteiger partial charge in [0.2, 0.25) is 6.79 Å². The zero-order valence-corrected chi connectivity index (χ0v) is 15.1. The molecule has 2 aromatic rings. The lowest BCUT2D eigenvalue weighted by Crippen LogP contribution is -2.43. The summed E-state index contributed by atoms with van der Waals surface area (Å²) in [5.41, 5.74) is 2.29. The second-order valence-electron chi connectivity index (χ2n) is 7.83. The number of benzene rings is 2. The maximum absolute atomic E-state index is 13.0. The number of hydrogen-bond donors (Lipinski definition) is 1. The molecule has 1 N–H and O–H groups in total.